The van der Waals surface area contributed by atoms with E-state index in [2.05, 4.69) is 5.32 Å². The Morgan fingerprint density at radius 3 is 2.89 bits per heavy atom. The van der Waals surface area contributed by atoms with Crippen molar-refractivity contribution >= 4 is 11.8 Å². The molecule has 5 heteroatoms. The number of ether oxygens (including phenoxy) is 1. The van der Waals surface area contributed by atoms with Crippen molar-refractivity contribution in [1.29, 1.82) is 0 Å². The summed E-state index contributed by atoms with van der Waals surface area (Å²) in [5.74, 6) is 0.0999. The smallest absolute Gasteiger partial charge is 0.245 e. The molecule has 3 fully saturated rings. The van der Waals surface area contributed by atoms with Gasteiger partial charge in [-0.05, 0) is 19.3 Å². The van der Waals surface area contributed by atoms with Gasteiger partial charge in [0, 0.05) is 13.0 Å². The highest BCUT2D eigenvalue weighted by Gasteiger charge is 2.40. The average Bonchev–Trinajstić information content (AvgIpc) is 2.84. The van der Waals surface area contributed by atoms with Crippen LogP contribution in [0.3, 0.4) is 0 Å². The third-order valence-electron chi connectivity index (χ3n) is 4.31. The third kappa shape index (κ3) is 2.11. The number of carbonyl (C=O) groups excluding carboxylic acids is 2. The fourth-order valence-electron chi connectivity index (χ4n) is 3.37. The lowest BCUT2D eigenvalue weighted by Gasteiger charge is -2.44. The monoisotopic (exact) mass is 252 g/mol. The van der Waals surface area contributed by atoms with E-state index in [0.717, 1.165) is 12.8 Å². The fraction of sp³-hybridized carbons (Fsp3) is 0.846. The zero-order valence-electron chi connectivity index (χ0n) is 10.6. The maximum absolute atomic E-state index is 12.5. The van der Waals surface area contributed by atoms with E-state index in [1.54, 1.807) is 0 Å². The summed E-state index contributed by atoms with van der Waals surface area (Å²) in [5.41, 5.74) is 0. The van der Waals surface area contributed by atoms with E-state index >= 15 is 0 Å². The highest BCUT2D eigenvalue weighted by molar-refractivity contribution is 5.91. The van der Waals surface area contributed by atoms with Crippen molar-refractivity contribution in [3.8, 4) is 0 Å². The fourth-order valence-corrected chi connectivity index (χ4v) is 3.37. The van der Waals surface area contributed by atoms with Crippen molar-refractivity contribution in [3.63, 3.8) is 0 Å². The first-order valence-electron chi connectivity index (χ1n) is 6.97. The van der Waals surface area contributed by atoms with Gasteiger partial charge < -0.3 is 15.0 Å². The molecule has 2 aliphatic heterocycles. The molecule has 0 aromatic heterocycles. The zero-order chi connectivity index (χ0) is 12.5. The van der Waals surface area contributed by atoms with Gasteiger partial charge in [0.15, 0.2) is 0 Å². The van der Waals surface area contributed by atoms with Gasteiger partial charge in [-0.25, -0.2) is 0 Å². The molecule has 2 saturated heterocycles. The number of carbonyl (C=O) groups is 2. The van der Waals surface area contributed by atoms with E-state index in [9.17, 15) is 9.59 Å². The number of nitrogens with one attached hydrogen (secondary N) is 1. The van der Waals surface area contributed by atoms with Crippen LogP contribution >= 0.6 is 0 Å². The molecule has 0 aromatic rings. The number of morpholine rings is 1. The summed E-state index contributed by atoms with van der Waals surface area (Å²) in [6.07, 6.45) is 5.81. The van der Waals surface area contributed by atoms with Gasteiger partial charge in [0.05, 0.1) is 18.8 Å². The largest absolute Gasteiger partial charge is 0.374 e. The van der Waals surface area contributed by atoms with Gasteiger partial charge in [-0.15, -0.1) is 0 Å². The van der Waals surface area contributed by atoms with Crippen molar-refractivity contribution in [2.75, 3.05) is 13.2 Å². The molecule has 3 atom stereocenters. The predicted molar refractivity (Wildman–Crippen MR) is 64.9 cm³/mol. The molecule has 1 aliphatic carbocycles. The summed E-state index contributed by atoms with van der Waals surface area (Å²) in [6.45, 7) is 1.31. The Morgan fingerprint density at radius 2 is 2.11 bits per heavy atom. The normalized spacial score (nSPS) is 36.1. The third-order valence-corrected chi connectivity index (χ3v) is 4.31. The van der Waals surface area contributed by atoms with Gasteiger partial charge in [-0.3, -0.25) is 9.59 Å². The summed E-state index contributed by atoms with van der Waals surface area (Å²) < 4.78 is 5.76. The summed E-state index contributed by atoms with van der Waals surface area (Å²) >= 11 is 0. The summed E-state index contributed by atoms with van der Waals surface area (Å²) in [4.78, 5) is 25.6. The van der Waals surface area contributed by atoms with E-state index in [0.29, 0.717) is 26.0 Å². The molecule has 100 valence electrons. The van der Waals surface area contributed by atoms with Crippen LogP contribution in [0.1, 0.15) is 38.5 Å². The lowest BCUT2D eigenvalue weighted by molar-refractivity contribution is -0.151. The summed E-state index contributed by atoms with van der Waals surface area (Å²) in [6, 6.07) is -0.0596. The molecular weight excluding hydrogens is 232 g/mol. The van der Waals surface area contributed by atoms with Crippen molar-refractivity contribution in [2.45, 2.75) is 56.7 Å². The average molecular weight is 252 g/mol. The lowest BCUT2D eigenvalue weighted by atomic mass is 9.89. The second kappa shape index (κ2) is 4.88. The molecule has 2 heterocycles. The first kappa shape index (κ1) is 12.0. The standard InChI is InChI=1S/C13H20N2O3/c16-12-6-5-9(14-12)13(17)15-7-8-18-11-4-2-1-3-10(11)15/h9-11H,1-8H2,(H,14,16)/t9-,10-,11-/m1/s1. The number of amides is 2. The second-order valence-electron chi connectivity index (χ2n) is 5.45. The van der Waals surface area contributed by atoms with Gasteiger partial charge >= 0.3 is 0 Å². The van der Waals surface area contributed by atoms with Crippen LogP contribution in [0.25, 0.3) is 0 Å². The SMILES string of the molecule is O=C1CC[C@H](C(=O)N2CCO[C@@H]3CCCC[C@H]32)N1. The molecule has 2 amide bonds. The predicted octanol–water partition coefficient (Wildman–Crippen LogP) is 0.435. The van der Waals surface area contributed by atoms with Gasteiger partial charge in [-0.1, -0.05) is 12.8 Å². The molecule has 5 nitrogen and oxygen atoms in total. The van der Waals surface area contributed by atoms with Gasteiger partial charge in [0.2, 0.25) is 11.8 Å². The molecule has 1 saturated carbocycles. The van der Waals surface area contributed by atoms with Crippen LogP contribution in [-0.4, -0.2) is 48.1 Å². The minimum atomic E-state index is -0.293. The molecule has 18 heavy (non-hydrogen) atoms. The number of rotatable bonds is 1. The Hall–Kier alpha value is -1.10. The van der Waals surface area contributed by atoms with E-state index < -0.39 is 0 Å². The van der Waals surface area contributed by atoms with E-state index in [-0.39, 0.29) is 30.0 Å². The molecular formula is C13H20N2O3. The van der Waals surface area contributed by atoms with Crippen LogP contribution in [-0.2, 0) is 14.3 Å². The van der Waals surface area contributed by atoms with Gasteiger partial charge in [0.25, 0.3) is 0 Å². The molecule has 3 rings (SSSR count). The minimum Gasteiger partial charge on any atom is -0.374 e. The molecule has 0 spiro atoms. The quantitative estimate of drug-likeness (QED) is 0.736. The number of hydrogen-bond donors (Lipinski definition) is 1. The molecule has 0 radical (unpaired) electrons. The Kier molecular flexibility index (Phi) is 3.24. The minimum absolute atomic E-state index is 0.00167. The molecule has 3 aliphatic rings. The van der Waals surface area contributed by atoms with E-state index in [4.69, 9.17) is 4.74 Å². The lowest BCUT2D eigenvalue weighted by Crippen LogP contribution is -2.58. The Balaban J connectivity index is 1.69. The van der Waals surface area contributed by atoms with Gasteiger partial charge in [-0.2, -0.15) is 0 Å². The van der Waals surface area contributed by atoms with Crippen LogP contribution < -0.4 is 5.32 Å². The van der Waals surface area contributed by atoms with Crippen molar-refractivity contribution in [2.24, 2.45) is 0 Å². The van der Waals surface area contributed by atoms with Crippen LogP contribution in [0.4, 0.5) is 0 Å². The topological polar surface area (TPSA) is 58.6 Å². The van der Waals surface area contributed by atoms with E-state index in [1.165, 1.54) is 12.8 Å². The van der Waals surface area contributed by atoms with Crippen LogP contribution in [0.5, 0.6) is 0 Å². The number of fused-ring (bicyclic) bond motifs is 1. The molecule has 0 unspecified atom stereocenters. The molecule has 0 aromatic carbocycles. The Labute approximate surface area is 107 Å². The summed E-state index contributed by atoms with van der Waals surface area (Å²) in [5, 5.41) is 2.78. The van der Waals surface area contributed by atoms with E-state index in [1.807, 2.05) is 4.90 Å². The van der Waals surface area contributed by atoms with Crippen molar-refractivity contribution in [3.05, 3.63) is 0 Å². The van der Waals surface area contributed by atoms with Crippen LogP contribution in [0.2, 0.25) is 0 Å². The van der Waals surface area contributed by atoms with Crippen LogP contribution in [0.15, 0.2) is 0 Å². The second-order valence-corrected chi connectivity index (χ2v) is 5.45. The van der Waals surface area contributed by atoms with Crippen molar-refractivity contribution in [1.82, 2.24) is 10.2 Å². The first-order chi connectivity index (χ1) is 8.75. The van der Waals surface area contributed by atoms with Crippen LogP contribution in [0, 0.1) is 0 Å². The Morgan fingerprint density at radius 1 is 1.28 bits per heavy atom. The highest BCUT2D eigenvalue weighted by Crippen LogP contribution is 2.29. The number of nitrogens with zero attached hydrogens (tertiary/aromatic N) is 1. The first-order valence-corrected chi connectivity index (χ1v) is 6.97. The maximum Gasteiger partial charge on any atom is 0.245 e. The highest BCUT2D eigenvalue weighted by atomic mass is 16.5. The maximum atomic E-state index is 12.5. The summed E-state index contributed by atoms with van der Waals surface area (Å²) in [7, 11) is 0. The molecule has 1 N–H and O–H groups in total. The zero-order valence-corrected chi connectivity index (χ0v) is 10.6. The Bertz CT molecular complexity index is 356. The van der Waals surface area contributed by atoms with Gasteiger partial charge in [0.1, 0.15) is 6.04 Å². The number of hydrogen-bond acceptors (Lipinski definition) is 3. The molecule has 0 bridgehead atoms. The van der Waals surface area contributed by atoms with Crippen molar-refractivity contribution < 1.29 is 14.3 Å².